The Bertz CT molecular complexity index is 355. The molecule has 2 rings (SSSR count). The van der Waals surface area contributed by atoms with Crippen LogP contribution in [0.25, 0.3) is 0 Å². The number of morpholine rings is 1. The monoisotopic (exact) mass is 255 g/mol. The van der Waals surface area contributed by atoms with Gasteiger partial charge < -0.3 is 15.0 Å². The third-order valence-corrected chi connectivity index (χ3v) is 4.48. The van der Waals surface area contributed by atoms with Crippen molar-refractivity contribution in [1.82, 2.24) is 10.3 Å². The highest BCUT2D eigenvalue weighted by atomic mass is 32.1. The molecule has 0 saturated carbocycles. The summed E-state index contributed by atoms with van der Waals surface area (Å²) in [6, 6.07) is 0.379. The molecule has 0 aliphatic carbocycles. The Labute approximate surface area is 107 Å². The van der Waals surface area contributed by atoms with Gasteiger partial charge in [0.05, 0.1) is 12.7 Å². The Morgan fingerprint density at radius 2 is 2.53 bits per heavy atom. The first-order chi connectivity index (χ1) is 8.24. The van der Waals surface area contributed by atoms with Crippen molar-refractivity contribution in [3.05, 3.63) is 11.1 Å². The van der Waals surface area contributed by atoms with E-state index < -0.39 is 0 Å². The van der Waals surface area contributed by atoms with Gasteiger partial charge in [-0.05, 0) is 20.4 Å². The maximum Gasteiger partial charge on any atom is 0.185 e. The molecule has 1 fully saturated rings. The summed E-state index contributed by atoms with van der Waals surface area (Å²) in [4.78, 5) is 8.16. The minimum Gasteiger partial charge on any atom is -0.375 e. The van der Waals surface area contributed by atoms with Crippen LogP contribution >= 0.6 is 11.3 Å². The zero-order chi connectivity index (χ0) is 12.3. The van der Waals surface area contributed by atoms with Crippen molar-refractivity contribution in [1.29, 1.82) is 0 Å². The molecule has 1 aliphatic heterocycles. The average Bonchev–Trinajstić information content (AvgIpc) is 2.87. The standard InChI is InChI=1S/C12H21N3OS/c1-4-10-8-15(5-6-16-10)12-14-7-11(17-12)9(2)13-3/h7,9-10,13H,4-6,8H2,1-3H3. The van der Waals surface area contributed by atoms with Crippen molar-refractivity contribution >= 4 is 16.5 Å². The molecule has 1 aromatic rings. The molecule has 1 aliphatic rings. The number of hydrogen-bond donors (Lipinski definition) is 1. The van der Waals surface area contributed by atoms with Crippen molar-refractivity contribution in [3.63, 3.8) is 0 Å². The molecular formula is C12H21N3OS. The Balaban J connectivity index is 2.04. The highest BCUT2D eigenvalue weighted by Crippen LogP contribution is 2.28. The molecule has 4 nitrogen and oxygen atoms in total. The van der Waals surface area contributed by atoms with E-state index in [-0.39, 0.29) is 0 Å². The van der Waals surface area contributed by atoms with E-state index in [1.165, 1.54) is 4.88 Å². The van der Waals surface area contributed by atoms with Crippen LogP contribution in [0.4, 0.5) is 5.13 Å². The van der Waals surface area contributed by atoms with Gasteiger partial charge in [0, 0.05) is 30.2 Å². The third-order valence-electron chi connectivity index (χ3n) is 3.24. The molecule has 2 heterocycles. The molecule has 1 N–H and O–H groups in total. The summed E-state index contributed by atoms with van der Waals surface area (Å²) >= 11 is 1.78. The van der Waals surface area contributed by atoms with Crippen LogP contribution in [0.1, 0.15) is 31.2 Å². The number of rotatable bonds is 4. The molecule has 0 aromatic carbocycles. The van der Waals surface area contributed by atoms with Crippen LogP contribution < -0.4 is 10.2 Å². The number of anilines is 1. The van der Waals surface area contributed by atoms with Crippen LogP contribution in [0.5, 0.6) is 0 Å². The van der Waals surface area contributed by atoms with Crippen molar-refractivity contribution in [3.8, 4) is 0 Å². The molecule has 1 aromatic heterocycles. The van der Waals surface area contributed by atoms with Crippen molar-refractivity contribution in [2.75, 3.05) is 31.6 Å². The van der Waals surface area contributed by atoms with E-state index in [2.05, 4.69) is 29.0 Å². The topological polar surface area (TPSA) is 37.4 Å². The van der Waals surface area contributed by atoms with Crippen LogP contribution in [0.3, 0.4) is 0 Å². The fourth-order valence-corrected chi connectivity index (χ4v) is 2.92. The molecule has 17 heavy (non-hydrogen) atoms. The van der Waals surface area contributed by atoms with E-state index in [1.54, 1.807) is 11.3 Å². The fourth-order valence-electron chi connectivity index (χ4n) is 1.91. The molecule has 1 saturated heterocycles. The number of aromatic nitrogens is 1. The summed E-state index contributed by atoms with van der Waals surface area (Å²) < 4.78 is 5.68. The first kappa shape index (κ1) is 12.8. The van der Waals surface area contributed by atoms with Gasteiger partial charge in [0.1, 0.15) is 0 Å². The van der Waals surface area contributed by atoms with E-state index >= 15 is 0 Å². The van der Waals surface area contributed by atoms with Crippen molar-refractivity contribution in [2.45, 2.75) is 32.4 Å². The number of thiazole rings is 1. The molecule has 96 valence electrons. The highest BCUT2D eigenvalue weighted by Gasteiger charge is 2.21. The van der Waals surface area contributed by atoms with E-state index in [4.69, 9.17) is 4.74 Å². The first-order valence-corrected chi connectivity index (χ1v) is 7.05. The number of hydrogen-bond acceptors (Lipinski definition) is 5. The van der Waals surface area contributed by atoms with E-state index in [1.807, 2.05) is 13.2 Å². The van der Waals surface area contributed by atoms with Gasteiger partial charge in [-0.2, -0.15) is 0 Å². The summed E-state index contributed by atoms with van der Waals surface area (Å²) in [6.45, 7) is 7.07. The lowest BCUT2D eigenvalue weighted by Crippen LogP contribution is -2.42. The van der Waals surface area contributed by atoms with Gasteiger partial charge in [0.15, 0.2) is 5.13 Å². The predicted molar refractivity (Wildman–Crippen MR) is 71.8 cm³/mol. The van der Waals surface area contributed by atoms with Crippen LogP contribution in [-0.2, 0) is 4.74 Å². The van der Waals surface area contributed by atoms with Crippen LogP contribution in [0, 0.1) is 0 Å². The predicted octanol–water partition coefficient (Wildman–Crippen LogP) is 2.04. The Morgan fingerprint density at radius 3 is 3.24 bits per heavy atom. The molecule has 5 heteroatoms. The maximum atomic E-state index is 5.68. The lowest BCUT2D eigenvalue weighted by Gasteiger charge is -2.32. The largest absolute Gasteiger partial charge is 0.375 e. The van der Waals surface area contributed by atoms with Gasteiger partial charge in [-0.1, -0.05) is 6.92 Å². The Hall–Kier alpha value is -0.650. The number of nitrogens with zero attached hydrogens (tertiary/aromatic N) is 2. The lowest BCUT2D eigenvalue weighted by atomic mass is 10.2. The quantitative estimate of drug-likeness (QED) is 0.893. The zero-order valence-electron chi connectivity index (χ0n) is 10.8. The molecule has 0 spiro atoms. The molecule has 0 radical (unpaired) electrons. The average molecular weight is 255 g/mol. The second-order valence-electron chi connectivity index (χ2n) is 4.40. The first-order valence-electron chi connectivity index (χ1n) is 6.24. The second-order valence-corrected chi connectivity index (χ2v) is 5.44. The van der Waals surface area contributed by atoms with Crippen molar-refractivity contribution < 1.29 is 4.74 Å². The molecule has 0 bridgehead atoms. The maximum absolute atomic E-state index is 5.68. The minimum atomic E-state index is 0.359. The summed E-state index contributed by atoms with van der Waals surface area (Å²) in [5.41, 5.74) is 0. The van der Waals surface area contributed by atoms with Gasteiger partial charge >= 0.3 is 0 Å². The van der Waals surface area contributed by atoms with Crippen LogP contribution in [0.15, 0.2) is 6.20 Å². The fraction of sp³-hybridized carbons (Fsp3) is 0.750. The normalized spacial score (nSPS) is 22.8. The number of nitrogens with one attached hydrogen (secondary N) is 1. The van der Waals surface area contributed by atoms with E-state index in [0.29, 0.717) is 12.1 Å². The smallest absolute Gasteiger partial charge is 0.185 e. The van der Waals surface area contributed by atoms with Gasteiger partial charge in [-0.3, -0.25) is 0 Å². The van der Waals surface area contributed by atoms with E-state index in [0.717, 1.165) is 31.2 Å². The highest BCUT2D eigenvalue weighted by molar-refractivity contribution is 7.15. The summed E-state index contributed by atoms with van der Waals surface area (Å²) in [5, 5.41) is 4.37. The molecule has 2 unspecified atom stereocenters. The van der Waals surface area contributed by atoms with Gasteiger partial charge in [-0.15, -0.1) is 11.3 Å². The third kappa shape index (κ3) is 2.97. The number of ether oxygens (including phenoxy) is 1. The van der Waals surface area contributed by atoms with E-state index in [9.17, 15) is 0 Å². The van der Waals surface area contributed by atoms with Gasteiger partial charge in [0.2, 0.25) is 0 Å². The molecule has 2 atom stereocenters. The van der Waals surface area contributed by atoms with Gasteiger partial charge in [0.25, 0.3) is 0 Å². The van der Waals surface area contributed by atoms with Gasteiger partial charge in [-0.25, -0.2) is 4.98 Å². The summed E-state index contributed by atoms with van der Waals surface area (Å²) in [5.74, 6) is 0. The second kappa shape index (κ2) is 5.80. The van der Waals surface area contributed by atoms with Crippen molar-refractivity contribution in [2.24, 2.45) is 0 Å². The minimum absolute atomic E-state index is 0.359. The molecule has 0 amide bonds. The summed E-state index contributed by atoms with van der Waals surface area (Å²) in [7, 11) is 1.98. The Morgan fingerprint density at radius 1 is 1.71 bits per heavy atom. The molecular weight excluding hydrogens is 234 g/mol. The van der Waals surface area contributed by atoms with Crippen LogP contribution in [-0.4, -0.2) is 37.8 Å². The summed E-state index contributed by atoms with van der Waals surface area (Å²) in [6.07, 6.45) is 3.41. The van der Waals surface area contributed by atoms with Crippen LogP contribution in [0.2, 0.25) is 0 Å². The zero-order valence-corrected chi connectivity index (χ0v) is 11.6. The Kier molecular flexibility index (Phi) is 4.36. The SMILES string of the molecule is CCC1CN(c2ncc(C(C)NC)s2)CCO1. The lowest BCUT2D eigenvalue weighted by molar-refractivity contribution is 0.0384.